The van der Waals surface area contributed by atoms with Crippen molar-refractivity contribution in [2.75, 3.05) is 17.2 Å². The van der Waals surface area contributed by atoms with Crippen LogP contribution in [0, 0.1) is 5.82 Å². The highest BCUT2D eigenvalue weighted by Gasteiger charge is 2.26. The van der Waals surface area contributed by atoms with E-state index < -0.39 is 6.10 Å². The van der Waals surface area contributed by atoms with E-state index in [0.29, 0.717) is 23.7 Å². The van der Waals surface area contributed by atoms with Crippen molar-refractivity contribution in [3.63, 3.8) is 0 Å². The van der Waals surface area contributed by atoms with Crippen LogP contribution in [0.3, 0.4) is 0 Å². The number of rotatable bonds is 5. The minimum Gasteiger partial charge on any atom is -0.368 e. The summed E-state index contributed by atoms with van der Waals surface area (Å²) >= 11 is 0. The van der Waals surface area contributed by atoms with Crippen LogP contribution in [0.25, 0.3) is 5.69 Å². The first-order valence-electron chi connectivity index (χ1n) is 11.3. The summed E-state index contributed by atoms with van der Waals surface area (Å²) in [6, 6.07) is 13.1. The quantitative estimate of drug-likeness (QED) is 0.611. The Morgan fingerprint density at radius 2 is 1.64 bits per heavy atom. The van der Waals surface area contributed by atoms with Crippen LogP contribution >= 0.6 is 0 Å². The number of hydrogen-bond donors (Lipinski definition) is 2. The Balaban J connectivity index is 1.32. The molecule has 3 aromatic rings. The molecule has 8 heteroatoms. The summed E-state index contributed by atoms with van der Waals surface area (Å²) in [4.78, 5) is 25.3. The van der Waals surface area contributed by atoms with Crippen LogP contribution < -0.4 is 10.6 Å². The van der Waals surface area contributed by atoms with Gasteiger partial charge in [-0.25, -0.2) is 9.07 Å². The molecule has 2 N–H and O–H groups in total. The van der Waals surface area contributed by atoms with E-state index in [1.807, 2.05) is 0 Å². The lowest BCUT2D eigenvalue weighted by Gasteiger charge is -2.14. The Kier molecular flexibility index (Phi) is 5.92. The van der Waals surface area contributed by atoms with Gasteiger partial charge in [0, 0.05) is 29.2 Å². The second kappa shape index (κ2) is 9.15. The molecule has 2 aliphatic rings. The molecule has 1 atom stereocenters. The van der Waals surface area contributed by atoms with Crippen molar-refractivity contribution in [3.8, 4) is 5.69 Å². The fourth-order valence-corrected chi connectivity index (χ4v) is 4.41. The second-order valence-electron chi connectivity index (χ2n) is 8.39. The van der Waals surface area contributed by atoms with Crippen molar-refractivity contribution in [2.24, 2.45) is 0 Å². The summed E-state index contributed by atoms with van der Waals surface area (Å²) < 4.78 is 20.5. The van der Waals surface area contributed by atoms with Crippen molar-refractivity contribution in [3.05, 3.63) is 71.3 Å². The number of halogens is 1. The van der Waals surface area contributed by atoms with Crippen molar-refractivity contribution in [1.82, 2.24) is 9.78 Å². The van der Waals surface area contributed by atoms with E-state index in [1.54, 1.807) is 41.1 Å². The molecule has 1 fully saturated rings. The standard InChI is InChI=1S/C25H25FN4O3/c26-16-7-13-19(14-8-16)30-21-5-2-1-4-20(21)23(29-30)25(32)28-18-11-9-17(10-12-18)27-24(31)22-6-3-15-33-22/h7-14,22H,1-6,15H2,(H,27,31)(H,28,32). The number of fused-ring (bicyclic) bond motifs is 1. The summed E-state index contributed by atoms with van der Waals surface area (Å²) in [6.45, 7) is 0.615. The van der Waals surface area contributed by atoms with Crippen molar-refractivity contribution >= 4 is 23.2 Å². The third-order valence-electron chi connectivity index (χ3n) is 6.10. The van der Waals surface area contributed by atoms with Crippen LogP contribution in [0.1, 0.15) is 47.4 Å². The summed E-state index contributed by atoms with van der Waals surface area (Å²) in [5.41, 5.74) is 4.33. The first-order chi connectivity index (χ1) is 16.1. The molecule has 0 bridgehead atoms. The maximum absolute atomic E-state index is 13.4. The lowest BCUT2D eigenvalue weighted by atomic mass is 9.95. The molecule has 1 unspecified atom stereocenters. The summed E-state index contributed by atoms with van der Waals surface area (Å²) in [5.74, 6) is -0.749. The molecule has 1 aromatic heterocycles. The van der Waals surface area contributed by atoms with Gasteiger partial charge in [-0.1, -0.05) is 0 Å². The summed E-state index contributed by atoms with van der Waals surface area (Å²) in [6.07, 6.45) is 4.87. The molecule has 2 amide bonds. The highest BCUT2D eigenvalue weighted by Crippen LogP contribution is 2.28. The lowest BCUT2D eigenvalue weighted by Crippen LogP contribution is -2.26. The fraction of sp³-hybridized carbons (Fsp3) is 0.320. The average molecular weight is 448 g/mol. The Morgan fingerprint density at radius 3 is 2.33 bits per heavy atom. The van der Waals surface area contributed by atoms with Gasteiger partial charge >= 0.3 is 0 Å². The van der Waals surface area contributed by atoms with Crippen LogP contribution in [0.15, 0.2) is 48.5 Å². The predicted octanol–water partition coefficient (Wildman–Crippen LogP) is 4.26. The van der Waals surface area contributed by atoms with Gasteiger partial charge < -0.3 is 15.4 Å². The Hall–Kier alpha value is -3.52. The Morgan fingerprint density at radius 1 is 0.939 bits per heavy atom. The number of hydrogen-bond acceptors (Lipinski definition) is 4. The van der Waals surface area contributed by atoms with Gasteiger partial charge in [-0.3, -0.25) is 9.59 Å². The minimum atomic E-state index is -0.397. The molecule has 0 saturated carbocycles. The van der Waals surface area contributed by atoms with Gasteiger partial charge in [0.2, 0.25) is 0 Å². The van der Waals surface area contributed by atoms with Crippen LogP contribution in [-0.4, -0.2) is 34.3 Å². The number of nitrogens with zero attached hydrogens (tertiary/aromatic N) is 2. The molecule has 0 spiro atoms. The molecule has 7 nitrogen and oxygen atoms in total. The number of ether oxygens (including phenoxy) is 1. The molecule has 0 radical (unpaired) electrons. The predicted molar refractivity (Wildman–Crippen MR) is 122 cm³/mol. The van der Waals surface area contributed by atoms with E-state index >= 15 is 0 Å². The number of benzene rings is 2. The van der Waals surface area contributed by atoms with E-state index in [1.165, 1.54) is 12.1 Å². The lowest BCUT2D eigenvalue weighted by molar-refractivity contribution is -0.124. The van der Waals surface area contributed by atoms with Crippen LogP contribution in [0.2, 0.25) is 0 Å². The highest BCUT2D eigenvalue weighted by atomic mass is 19.1. The summed E-state index contributed by atoms with van der Waals surface area (Å²) in [7, 11) is 0. The molecule has 1 aliphatic heterocycles. The molecular formula is C25H25FN4O3. The van der Waals surface area contributed by atoms with Gasteiger partial charge in [-0.2, -0.15) is 5.10 Å². The number of carbonyl (C=O) groups is 2. The molecule has 5 rings (SSSR count). The molecule has 33 heavy (non-hydrogen) atoms. The van der Waals surface area contributed by atoms with E-state index in [-0.39, 0.29) is 17.6 Å². The maximum Gasteiger partial charge on any atom is 0.276 e. The van der Waals surface area contributed by atoms with Gasteiger partial charge in [-0.05, 0) is 87.1 Å². The molecular weight excluding hydrogens is 423 g/mol. The SMILES string of the molecule is O=C(Nc1ccc(NC(=O)C2CCCO2)cc1)c1nn(-c2ccc(F)cc2)c2c1CCCC2. The third kappa shape index (κ3) is 4.52. The Bertz CT molecular complexity index is 1170. The molecule has 2 aromatic carbocycles. The largest absolute Gasteiger partial charge is 0.368 e. The highest BCUT2D eigenvalue weighted by molar-refractivity contribution is 6.04. The monoisotopic (exact) mass is 448 g/mol. The average Bonchev–Trinajstić information content (AvgIpc) is 3.50. The van der Waals surface area contributed by atoms with Gasteiger partial charge in [0.25, 0.3) is 11.8 Å². The van der Waals surface area contributed by atoms with E-state index in [9.17, 15) is 14.0 Å². The number of amides is 2. The third-order valence-corrected chi connectivity index (χ3v) is 6.10. The molecule has 170 valence electrons. The Labute approximate surface area is 190 Å². The fourth-order valence-electron chi connectivity index (χ4n) is 4.41. The molecule has 2 heterocycles. The van der Waals surface area contributed by atoms with Crippen molar-refractivity contribution in [1.29, 1.82) is 0 Å². The van der Waals surface area contributed by atoms with Crippen LogP contribution in [0.4, 0.5) is 15.8 Å². The molecule has 1 aliphatic carbocycles. The molecule has 1 saturated heterocycles. The number of nitrogens with one attached hydrogen (secondary N) is 2. The van der Waals surface area contributed by atoms with E-state index in [0.717, 1.165) is 55.5 Å². The first kappa shape index (κ1) is 21.3. The number of aromatic nitrogens is 2. The summed E-state index contributed by atoms with van der Waals surface area (Å²) in [5, 5.41) is 10.3. The first-order valence-corrected chi connectivity index (χ1v) is 11.3. The topological polar surface area (TPSA) is 85.2 Å². The normalized spacial score (nSPS) is 17.4. The zero-order chi connectivity index (χ0) is 22.8. The van der Waals surface area contributed by atoms with E-state index in [2.05, 4.69) is 15.7 Å². The maximum atomic E-state index is 13.4. The smallest absolute Gasteiger partial charge is 0.276 e. The van der Waals surface area contributed by atoms with Crippen molar-refractivity contribution < 1.29 is 18.7 Å². The number of carbonyl (C=O) groups excluding carboxylic acids is 2. The second-order valence-corrected chi connectivity index (χ2v) is 8.39. The van der Waals surface area contributed by atoms with E-state index in [4.69, 9.17) is 4.74 Å². The zero-order valence-electron chi connectivity index (χ0n) is 18.1. The van der Waals surface area contributed by atoms with Gasteiger partial charge in [0.15, 0.2) is 5.69 Å². The zero-order valence-corrected chi connectivity index (χ0v) is 18.1. The van der Waals surface area contributed by atoms with Gasteiger partial charge in [0.05, 0.1) is 5.69 Å². The minimum absolute atomic E-state index is 0.151. The number of anilines is 2. The van der Waals surface area contributed by atoms with Crippen LogP contribution in [-0.2, 0) is 22.4 Å². The van der Waals surface area contributed by atoms with Gasteiger partial charge in [0.1, 0.15) is 11.9 Å². The van der Waals surface area contributed by atoms with Crippen molar-refractivity contribution in [2.45, 2.75) is 44.6 Å². The van der Waals surface area contributed by atoms with Gasteiger partial charge in [-0.15, -0.1) is 0 Å². The van der Waals surface area contributed by atoms with Crippen LogP contribution in [0.5, 0.6) is 0 Å².